The topological polar surface area (TPSA) is 54.0 Å². The maximum Gasteiger partial charge on any atom is 0.513 e. The van der Waals surface area contributed by atoms with E-state index >= 15 is 0 Å². The molecule has 2 aliphatic heterocycles. The molecule has 0 aliphatic carbocycles. The predicted molar refractivity (Wildman–Crippen MR) is 27.0 cm³/mol. The quantitative estimate of drug-likeness (QED) is 0.445. The summed E-state index contributed by atoms with van der Waals surface area (Å²) in [6.07, 6.45) is -2.03. The molecule has 5 heteroatoms. The molecule has 0 aromatic heterocycles. The van der Waals surface area contributed by atoms with Gasteiger partial charge in [0.25, 0.3) is 12.6 Å². The lowest BCUT2D eigenvalue weighted by molar-refractivity contribution is -0.239. The van der Waals surface area contributed by atoms with Gasteiger partial charge < -0.3 is 18.9 Å². The van der Waals surface area contributed by atoms with E-state index in [2.05, 4.69) is 9.47 Å². The Kier molecular flexibility index (Phi) is 1.25. The second-order valence-electron chi connectivity index (χ2n) is 1.96. The van der Waals surface area contributed by atoms with Gasteiger partial charge in [0.2, 0.25) is 0 Å². The lowest BCUT2D eigenvalue weighted by Gasteiger charge is -2.20. The standard InChI is InChI=1S/C5H6O5/c6-5-9-3-4(10-5)8-2-1-7-3/h3-4H,1-2H2. The highest BCUT2D eigenvalue weighted by Gasteiger charge is 2.40. The monoisotopic (exact) mass is 146 g/mol. The van der Waals surface area contributed by atoms with E-state index in [9.17, 15) is 4.79 Å². The molecule has 2 aliphatic rings. The molecule has 0 bridgehead atoms. The summed E-state index contributed by atoms with van der Waals surface area (Å²) in [5.74, 6) is 0. The van der Waals surface area contributed by atoms with E-state index in [0.717, 1.165) is 0 Å². The molecular weight excluding hydrogens is 140 g/mol. The zero-order valence-electron chi connectivity index (χ0n) is 5.11. The first-order valence-electron chi connectivity index (χ1n) is 2.97. The zero-order chi connectivity index (χ0) is 6.97. The molecule has 5 nitrogen and oxygen atoms in total. The minimum absolute atomic E-state index is 0.442. The Morgan fingerprint density at radius 3 is 2.10 bits per heavy atom. The Morgan fingerprint density at radius 2 is 1.60 bits per heavy atom. The summed E-state index contributed by atoms with van der Waals surface area (Å²) < 4.78 is 19.1. The molecule has 10 heavy (non-hydrogen) atoms. The van der Waals surface area contributed by atoms with Crippen molar-refractivity contribution in [3.05, 3.63) is 0 Å². The van der Waals surface area contributed by atoms with Crippen molar-refractivity contribution in [1.82, 2.24) is 0 Å². The highest BCUT2D eigenvalue weighted by molar-refractivity contribution is 5.61. The predicted octanol–water partition coefficient (Wildman–Crippen LogP) is -0.148. The van der Waals surface area contributed by atoms with Crippen molar-refractivity contribution >= 4 is 6.16 Å². The zero-order valence-corrected chi connectivity index (χ0v) is 5.11. The Balaban J connectivity index is 2.04. The molecule has 2 unspecified atom stereocenters. The van der Waals surface area contributed by atoms with Gasteiger partial charge in [-0.15, -0.1) is 0 Å². The third kappa shape index (κ3) is 0.833. The van der Waals surface area contributed by atoms with Gasteiger partial charge in [-0.05, 0) is 0 Å². The molecule has 0 amide bonds. The summed E-state index contributed by atoms with van der Waals surface area (Å²) in [6.45, 7) is 0.885. The minimum atomic E-state index is -0.725. The van der Waals surface area contributed by atoms with Crippen LogP contribution < -0.4 is 0 Å². The summed E-state index contributed by atoms with van der Waals surface area (Å²) in [5, 5.41) is 0. The van der Waals surface area contributed by atoms with Gasteiger partial charge in [0.15, 0.2) is 0 Å². The summed E-state index contributed by atoms with van der Waals surface area (Å²) in [4.78, 5) is 10.4. The van der Waals surface area contributed by atoms with Crippen molar-refractivity contribution in [1.29, 1.82) is 0 Å². The fourth-order valence-corrected chi connectivity index (χ4v) is 0.882. The molecular formula is C5H6O5. The van der Waals surface area contributed by atoms with E-state index < -0.39 is 18.7 Å². The molecule has 0 aromatic rings. The largest absolute Gasteiger partial charge is 0.513 e. The van der Waals surface area contributed by atoms with Crippen molar-refractivity contribution in [2.45, 2.75) is 12.6 Å². The number of hydrogen-bond acceptors (Lipinski definition) is 5. The van der Waals surface area contributed by atoms with E-state index in [-0.39, 0.29) is 0 Å². The van der Waals surface area contributed by atoms with Crippen molar-refractivity contribution in [2.24, 2.45) is 0 Å². The lowest BCUT2D eigenvalue weighted by Crippen LogP contribution is -2.35. The summed E-state index contributed by atoms with van der Waals surface area (Å²) in [6, 6.07) is 0. The van der Waals surface area contributed by atoms with Crippen LogP contribution in [0.4, 0.5) is 4.79 Å². The second kappa shape index (κ2) is 2.10. The molecule has 0 N–H and O–H groups in total. The maximum atomic E-state index is 10.4. The Bertz CT molecular complexity index is 140. The normalized spacial score (nSPS) is 38.2. The van der Waals surface area contributed by atoms with Crippen molar-refractivity contribution in [3.8, 4) is 0 Å². The van der Waals surface area contributed by atoms with Gasteiger partial charge >= 0.3 is 6.16 Å². The van der Waals surface area contributed by atoms with Crippen LogP contribution in [0.3, 0.4) is 0 Å². The Morgan fingerprint density at radius 1 is 1.10 bits per heavy atom. The molecule has 2 saturated heterocycles. The van der Waals surface area contributed by atoms with E-state index in [1.807, 2.05) is 0 Å². The van der Waals surface area contributed by atoms with Gasteiger partial charge in [0.1, 0.15) is 0 Å². The molecule has 2 rings (SSSR count). The van der Waals surface area contributed by atoms with Crippen LogP contribution in [0.15, 0.2) is 0 Å². The van der Waals surface area contributed by atoms with Gasteiger partial charge in [-0.2, -0.15) is 0 Å². The molecule has 56 valence electrons. The second-order valence-corrected chi connectivity index (χ2v) is 1.96. The van der Waals surface area contributed by atoms with Crippen molar-refractivity contribution in [3.63, 3.8) is 0 Å². The minimum Gasteiger partial charge on any atom is -0.397 e. The van der Waals surface area contributed by atoms with Crippen LogP contribution in [0.5, 0.6) is 0 Å². The fraction of sp³-hybridized carbons (Fsp3) is 0.800. The number of carbonyl (C=O) groups excluding carboxylic acids is 1. The molecule has 2 atom stereocenters. The lowest BCUT2D eigenvalue weighted by atomic mass is 10.5. The molecule has 2 fully saturated rings. The number of carbonyl (C=O) groups is 1. The van der Waals surface area contributed by atoms with Gasteiger partial charge in [-0.1, -0.05) is 0 Å². The summed E-state index contributed by atoms with van der Waals surface area (Å²) in [5.41, 5.74) is 0. The third-order valence-corrected chi connectivity index (χ3v) is 1.29. The number of fused-ring (bicyclic) bond motifs is 1. The van der Waals surface area contributed by atoms with Gasteiger partial charge in [-0.25, -0.2) is 4.79 Å². The number of rotatable bonds is 0. The van der Waals surface area contributed by atoms with Crippen LogP contribution in [-0.4, -0.2) is 31.9 Å². The highest BCUT2D eigenvalue weighted by Crippen LogP contribution is 2.20. The third-order valence-electron chi connectivity index (χ3n) is 1.29. The van der Waals surface area contributed by atoms with Crippen molar-refractivity contribution < 1.29 is 23.7 Å². The van der Waals surface area contributed by atoms with Crippen LogP contribution in [0.2, 0.25) is 0 Å². The smallest absolute Gasteiger partial charge is 0.397 e. The van der Waals surface area contributed by atoms with Crippen LogP contribution in [0.25, 0.3) is 0 Å². The van der Waals surface area contributed by atoms with E-state index in [1.165, 1.54) is 0 Å². The average Bonchev–Trinajstić information content (AvgIpc) is 2.27. The fourth-order valence-electron chi connectivity index (χ4n) is 0.882. The van der Waals surface area contributed by atoms with Crippen LogP contribution in [-0.2, 0) is 18.9 Å². The molecule has 0 radical (unpaired) electrons. The first-order valence-corrected chi connectivity index (χ1v) is 2.97. The van der Waals surface area contributed by atoms with Gasteiger partial charge in [0.05, 0.1) is 13.2 Å². The first kappa shape index (κ1) is 5.94. The average molecular weight is 146 g/mol. The van der Waals surface area contributed by atoms with Crippen LogP contribution in [0, 0.1) is 0 Å². The molecule has 0 saturated carbocycles. The number of hydrogen-bond donors (Lipinski definition) is 0. The Hall–Kier alpha value is -0.810. The SMILES string of the molecule is O=C1OC2OCCOC2O1. The van der Waals surface area contributed by atoms with Crippen molar-refractivity contribution in [2.75, 3.05) is 13.2 Å². The van der Waals surface area contributed by atoms with E-state index in [1.54, 1.807) is 0 Å². The molecule has 0 aromatic carbocycles. The maximum absolute atomic E-state index is 10.4. The van der Waals surface area contributed by atoms with Crippen LogP contribution in [0.1, 0.15) is 0 Å². The van der Waals surface area contributed by atoms with Gasteiger partial charge in [0, 0.05) is 0 Å². The van der Waals surface area contributed by atoms with E-state index in [4.69, 9.17) is 9.47 Å². The first-order chi connectivity index (χ1) is 4.86. The van der Waals surface area contributed by atoms with Crippen LogP contribution >= 0.6 is 0 Å². The number of ether oxygens (including phenoxy) is 4. The summed E-state index contributed by atoms with van der Waals surface area (Å²) in [7, 11) is 0. The Labute approximate surface area is 56.8 Å². The van der Waals surface area contributed by atoms with Gasteiger partial charge in [-0.3, -0.25) is 0 Å². The van der Waals surface area contributed by atoms with E-state index in [0.29, 0.717) is 13.2 Å². The molecule has 0 spiro atoms. The molecule has 2 heterocycles. The summed E-state index contributed by atoms with van der Waals surface area (Å²) >= 11 is 0. The highest BCUT2D eigenvalue weighted by atomic mass is 16.9.